The summed E-state index contributed by atoms with van der Waals surface area (Å²) in [6.07, 6.45) is 11.7. The van der Waals surface area contributed by atoms with Crippen molar-refractivity contribution in [3.05, 3.63) is 24.6 Å². The molecular formula is C7H8N2. The van der Waals surface area contributed by atoms with Gasteiger partial charge in [0.15, 0.2) is 0 Å². The van der Waals surface area contributed by atoms with Crippen molar-refractivity contribution >= 4 is 12.4 Å². The van der Waals surface area contributed by atoms with E-state index >= 15 is 0 Å². The van der Waals surface area contributed by atoms with Gasteiger partial charge in [-0.25, -0.2) is 0 Å². The Morgan fingerprint density at radius 2 is 2.00 bits per heavy atom. The molecule has 0 fully saturated rings. The number of hydrogen-bond acceptors (Lipinski definition) is 2. The predicted molar refractivity (Wildman–Crippen MR) is 39.9 cm³/mol. The Hall–Kier alpha value is -1.18. The van der Waals surface area contributed by atoms with Crippen LogP contribution in [0.1, 0.15) is 6.42 Å². The van der Waals surface area contributed by atoms with Gasteiger partial charge in [-0.15, -0.1) is 0 Å². The predicted octanol–water partition coefficient (Wildman–Crippen LogP) is 1.56. The average molecular weight is 120 g/mol. The molecule has 0 saturated heterocycles. The number of aliphatic imine (C=N–C) groups is 2. The maximum Gasteiger partial charge on any atom is 0.0450 e. The molecule has 0 aromatic heterocycles. The number of hydrogen-bond donors (Lipinski definition) is 0. The van der Waals surface area contributed by atoms with Crippen LogP contribution >= 0.6 is 0 Å². The fourth-order valence-corrected chi connectivity index (χ4v) is 0.498. The van der Waals surface area contributed by atoms with Gasteiger partial charge in [0.05, 0.1) is 0 Å². The lowest BCUT2D eigenvalue weighted by molar-refractivity contribution is 1.46. The number of nitrogens with zero attached hydrogens (tertiary/aromatic N) is 2. The van der Waals surface area contributed by atoms with Gasteiger partial charge in [0, 0.05) is 31.2 Å². The third-order valence-electron chi connectivity index (χ3n) is 0.894. The van der Waals surface area contributed by atoms with Crippen LogP contribution in [0.25, 0.3) is 0 Å². The monoisotopic (exact) mass is 120 g/mol. The summed E-state index contributed by atoms with van der Waals surface area (Å²) in [5.41, 5.74) is 0. The van der Waals surface area contributed by atoms with Crippen molar-refractivity contribution in [2.45, 2.75) is 6.42 Å². The molecule has 0 spiro atoms. The first-order valence-electron chi connectivity index (χ1n) is 2.85. The molecule has 0 aromatic carbocycles. The van der Waals surface area contributed by atoms with E-state index in [1.54, 1.807) is 18.6 Å². The van der Waals surface area contributed by atoms with Gasteiger partial charge < -0.3 is 0 Å². The summed E-state index contributed by atoms with van der Waals surface area (Å²) in [6, 6.07) is 0. The average Bonchev–Trinajstić information content (AvgIpc) is 2.00. The molecule has 1 rings (SSSR count). The van der Waals surface area contributed by atoms with E-state index in [9.17, 15) is 0 Å². The zero-order valence-corrected chi connectivity index (χ0v) is 5.07. The van der Waals surface area contributed by atoms with E-state index in [0.29, 0.717) is 0 Å². The maximum absolute atomic E-state index is 3.92. The largest absolute Gasteiger partial charge is 0.267 e. The van der Waals surface area contributed by atoms with E-state index in [-0.39, 0.29) is 0 Å². The van der Waals surface area contributed by atoms with Crippen molar-refractivity contribution in [3.63, 3.8) is 0 Å². The zero-order valence-electron chi connectivity index (χ0n) is 5.07. The molecule has 0 saturated carbocycles. The van der Waals surface area contributed by atoms with Gasteiger partial charge in [0.25, 0.3) is 0 Å². The Morgan fingerprint density at radius 3 is 3.00 bits per heavy atom. The topological polar surface area (TPSA) is 24.7 Å². The van der Waals surface area contributed by atoms with Gasteiger partial charge >= 0.3 is 0 Å². The van der Waals surface area contributed by atoms with Gasteiger partial charge in [0.2, 0.25) is 0 Å². The molecule has 0 bridgehead atoms. The van der Waals surface area contributed by atoms with E-state index in [2.05, 4.69) is 9.98 Å². The second kappa shape index (κ2) is 3.78. The van der Waals surface area contributed by atoms with Gasteiger partial charge in [-0.3, -0.25) is 9.98 Å². The Labute approximate surface area is 54.3 Å². The maximum atomic E-state index is 3.92. The Kier molecular flexibility index (Phi) is 2.50. The molecule has 0 aliphatic carbocycles. The molecular weight excluding hydrogens is 112 g/mol. The molecule has 0 amide bonds. The lowest BCUT2D eigenvalue weighted by Gasteiger charge is -1.73. The molecule has 0 unspecified atom stereocenters. The summed E-state index contributed by atoms with van der Waals surface area (Å²) < 4.78 is 0. The van der Waals surface area contributed by atoms with Crippen molar-refractivity contribution in [1.82, 2.24) is 0 Å². The highest BCUT2D eigenvalue weighted by Crippen LogP contribution is 1.83. The lowest BCUT2D eigenvalue weighted by Crippen LogP contribution is -1.66. The Balaban J connectivity index is 2.60. The summed E-state index contributed by atoms with van der Waals surface area (Å²) in [5, 5.41) is 0. The van der Waals surface area contributed by atoms with Crippen molar-refractivity contribution in [3.8, 4) is 0 Å². The van der Waals surface area contributed by atoms with E-state index in [1.807, 2.05) is 18.4 Å². The van der Waals surface area contributed by atoms with Crippen LogP contribution in [0.5, 0.6) is 0 Å². The van der Waals surface area contributed by atoms with Gasteiger partial charge in [-0.2, -0.15) is 0 Å². The molecule has 0 N–H and O–H groups in total. The fourth-order valence-electron chi connectivity index (χ4n) is 0.498. The standard InChI is InChI=1S/C7H8N2/c1-2-4-8-6-7-9-5-3-1/h1-2,4-7H,3H2/b2-1-,7-6-,8-4-,9-5?. The molecule has 0 radical (unpaired) electrons. The van der Waals surface area contributed by atoms with Crippen LogP contribution in [0, 0.1) is 0 Å². The minimum Gasteiger partial charge on any atom is -0.267 e. The molecule has 2 nitrogen and oxygen atoms in total. The number of rotatable bonds is 0. The second-order valence-electron chi connectivity index (χ2n) is 1.59. The van der Waals surface area contributed by atoms with Gasteiger partial charge in [0.1, 0.15) is 0 Å². The molecule has 1 aliphatic rings. The van der Waals surface area contributed by atoms with E-state index < -0.39 is 0 Å². The summed E-state index contributed by atoms with van der Waals surface area (Å²) in [6.45, 7) is 0. The van der Waals surface area contributed by atoms with Crippen LogP contribution < -0.4 is 0 Å². The third kappa shape index (κ3) is 2.59. The first-order chi connectivity index (χ1) is 4.50. The molecule has 9 heavy (non-hydrogen) atoms. The first-order valence-corrected chi connectivity index (χ1v) is 2.85. The van der Waals surface area contributed by atoms with Crippen LogP contribution in [0.15, 0.2) is 34.5 Å². The van der Waals surface area contributed by atoms with Gasteiger partial charge in [-0.05, 0) is 6.08 Å². The van der Waals surface area contributed by atoms with Crippen LogP contribution in [0.2, 0.25) is 0 Å². The summed E-state index contributed by atoms with van der Waals surface area (Å²) in [7, 11) is 0. The van der Waals surface area contributed by atoms with E-state index in [0.717, 1.165) is 6.42 Å². The van der Waals surface area contributed by atoms with E-state index in [1.165, 1.54) is 0 Å². The SMILES string of the molecule is C1=N\C=C/N=C\C=C/C1. The second-order valence-corrected chi connectivity index (χ2v) is 1.59. The lowest BCUT2D eigenvalue weighted by atomic mass is 10.4. The van der Waals surface area contributed by atoms with Crippen LogP contribution in [-0.2, 0) is 0 Å². The smallest absolute Gasteiger partial charge is 0.0450 e. The normalized spacial score (nSPS) is 27.6. The van der Waals surface area contributed by atoms with Crippen molar-refractivity contribution in [2.24, 2.45) is 9.98 Å². The van der Waals surface area contributed by atoms with Crippen LogP contribution in [0.3, 0.4) is 0 Å². The minimum atomic E-state index is 0.885. The van der Waals surface area contributed by atoms with Crippen LogP contribution in [0.4, 0.5) is 0 Å². The first kappa shape index (κ1) is 5.95. The highest BCUT2D eigenvalue weighted by molar-refractivity contribution is 5.73. The Morgan fingerprint density at radius 1 is 1.11 bits per heavy atom. The highest BCUT2D eigenvalue weighted by Gasteiger charge is 1.71. The minimum absolute atomic E-state index is 0.885. The summed E-state index contributed by atoms with van der Waals surface area (Å²) in [5.74, 6) is 0. The third-order valence-corrected chi connectivity index (χ3v) is 0.894. The number of allylic oxidation sites excluding steroid dienone is 2. The Bertz CT molecular complexity index is 155. The molecule has 1 heterocycles. The van der Waals surface area contributed by atoms with Gasteiger partial charge in [-0.1, -0.05) is 6.08 Å². The van der Waals surface area contributed by atoms with Crippen molar-refractivity contribution in [1.29, 1.82) is 0 Å². The molecule has 0 atom stereocenters. The molecule has 2 heteroatoms. The van der Waals surface area contributed by atoms with Crippen molar-refractivity contribution < 1.29 is 0 Å². The summed E-state index contributed by atoms with van der Waals surface area (Å²) >= 11 is 0. The molecule has 0 aromatic rings. The molecule has 46 valence electrons. The summed E-state index contributed by atoms with van der Waals surface area (Å²) in [4.78, 5) is 7.80. The highest BCUT2D eigenvalue weighted by atomic mass is 14.7. The fraction of sp³-hybridized carbons (Fsp3) is 0.143. The molecule has 1 aliphatic heterocycles. The quantitative estimate of drug-likeness (QED) is 0.463. The van der Waals surface area contributed by atoms with Crippen molar-refractivity contribution in [2.75, 3.05) is 0 Å². The van der Waals surface area contributed by atoms with Crippen LogP contribution in [-0.4, -0.2) is 12.4 Å². The van der Waals surface area contributed by atoms with E-state index in [4.69, 9.17) is 0 Å². The zero-order chi connectivity index (χ0) is 6.36.